The molecule has 0 spiro atoms. The van der Waals surface area contributed by atoms with Crippen LogP contribution in [0.4, 0.5) is 5.69 Å². The molecule has 0 heterocycles. The first-order chi connectivity index (χ1) is 10.9. The van der Waals surface area contributed by atoms with E-state index in [2.05, 4.69) is 6.92 Å². The molecule has 3 aliphatic carbocycles. The predicted octanol–water partition coefficient (Wildman–Crippen LogP) is 2.22. The zero-order valence-electron chi connectivity index (χ0n) is 13.3. The van der Waals surface area contributed by atoms with Crippen LogP contribution in [0.1, 0.15) is 56.1 Å². The molecule has 3 aliphatic rings. The zero-order chi connectivity index (χ0) is 16.4. The van der Waals surface area contributed by atoms with Crippen LogP contribution in [0.5, 0.6) is 5.75 Å². The van der Waals surface area contributed by atoms with Gasteiger partial charge in [0.2, 0.25) is 5.69 Å². The molecule has 0 radical (unpaired) electrons. The van der Waals surface area contributed by atoms with Crippen molar-refractivity contribution in [1.29, 1.82) is 0 Å². The predicted molar refractivity (Wildman–Crippen MR) is 83.5 cm³/mol. The topological polar surface area (TPSA) is 85.0 Å². The van der Waals surface area contributed by atoms with Gasteiger partial charge in [-0.1, -0.05) is 6.92 Å². The minimum Gasteiger partial charge on any atom is -0.595 e. The fourth-order valence-corrected chi connectivity index (χ4v) is 5.55. The number of aryl methyl sites for hydroxylation is 1. The number of Topliss-reactive ketones (excluding diaryl/α,β-unsaturated/α-hetero) is 1. The van der Waals surface area contributed by atoms with Crippen LogP contribution in [0.3, 0.4) is 0 Å². The number of quaternary nitrogens is 1. The normalized spacial score (nSPS) is 37.0. The smallest absolute Gasteiger partial charge is 0.206 e. The molecular weight excluding hydrogens is 294 g/mol. The largest absolute Gasteiger partial charge is 0.595 e. The maximum atomic E-state index is 12.3. The van der Waals surface area contributed by atoms with Gasteiger partial charge in [0.1, 0.15) is 5.78 Å². The van der Waals surface area contributed by atoms with Crippen molar-refractivity contribution >= 4 is 11.5 Å². The molecule has 0 bridgehead atoms. The van der Waals surface area contributed by atoms with E-state index < -0.39 is 5.23 Å². The fraction of sp³-hybridized carbons (Fsp3) is 0.611. The number of carbonyl (C=O) groups excluding carboxylic acids is 1. The van der Waals surface area contributed by atoms with Crippen LogP contribution in [0.15, 0.2) is 12.1 Å². The van der Waals surface area contributed by atoms with E-state index in [0.29, 0.717) is 30.0 Å². The number of fused-ring (bicyclic) bond motifs is 5. The van der Waals surface area contributed by atoms with Crippen molar-refractivity contribution in [2.24, 2.45) is 17.3 Å². The van der Waals surface area contributed by atoms with Gasteiger partial charge < -0.3 is 10.3 Å². The van der Waals surface area contributed by atoms with Gasteiger partial charge in [-0.25, -0.2) is 5.21 Å². The van der Waals surface area contributed by atoms with Crippen molar-refractivity contribution in [3.63, 3.8) is 0 Å². The van der Waals surface area contributed by atoms with E-state index in [1.54, 1.807) is 12.1 Å². The summed E-state index contributed by atoms with van der Waals surface area (Å²) < 4.78 is 0. The summed E-state index contributed by atoms with van der Waals surface area (Å²) in [5, 5.41) is 29.5. The SMILES string of the molecule is C[C@]12CCC3c4cc([NH+]([O-])O)c(O)cc4CCC3C1CCC2=O. The molecule has 124 valence electrons. The van der Waals surface area contributed by atoms with E-state index in [0.717, 1.165) is 43.2 Å². The summed E-state index contributed by atoms with van der Waals surface area (Å²) in [6.45, 7) is 2.14. The Morgan fingerprint density at radius 3 is 2.78 bits per heavy atom. The van der Waals surface area contributed by atoms with E-state index in [-0.39, 0.29) is 16.9 Å². The number of rotatable bonds is 1. The fourth-order valence-electron chi connectivity index (χ4n) is 5.55. The third-order valence-electron chi connectivity index (χ3n) is 6.78. The highest BCUT2D eigenvalue weighted by Gasteiger charge is 2.54. The average molecular weight is 317 g/mol. The second-order valence-corrected chi connectivity index (χ2v) is 7.71. The zero-order valence-corrected chi connectivity index (χ0v) is 13.3. The molecule has 3 N–H and O–H groups in total. The van der Waals surface area contributed by atoms with Crippen molar-refractivity contribution < 1.29 is 20.3 Å². The van der Waals surface area contributed by atoms with Gasteiger partial charge in [-0.05, 0) is 67.1 Å². The first kappa shape index (κ1) is 15.1. The molecule has 5 heteroatoms. The van der Waals surface area contributed by atoms with Crippen LogP contribution in [-0.4, -0.2) is 16.1 Å². The lowest BCUT2D eigenvalue weighted by Gasteiger charge is -2.48. The van der Waals surface area contributed by atoms with Crippen LogP contribution in [0.2, 0.25) is 0 Å². The Labute approximate surface area is 135 Å². The molecule has 23 heavy (non-hydrogen) atoms. The molecule has 0 aliphatic heterocycles. The lowest BCUT2D eigenvalue weighted by Crippen LogP contribution is -2.99. The van der Waals surface area contributed by atoms with Crippen LogP contribution in [-0.2, 0) is 11.2 Å². The summed E-state index contributed by atoms with van der Waals surface area (Å²) in [5.41, 5.74) is 2.02. The van der Waals surface area contributed by atoms with Crippen LogP contribution in [0.25, 0.3) is 0 Å². The Hall–Kier alpha value is -1.43. The quantitative estimate of drug-likeness (QED) is 0.548. The summed E-state index contributed by atoms with van der Waals surface area (Å²) >= 11 is 0. The molecule has 1 aromatic rings. The number of nitrogens with one attached hydrogen (secondary N) is 1. The van der Waals surface area contributed by atoms with Crippen LogP contribution in [0, 0.1) is 22.5 Å². The van der Waals surface area contributed by atoms with E-state index in [1.807, 2.05) is 0 Å². The van der Waals surface area contributed by atoms with Crippen LogP contribution >= 0.6 is 0 Å². The van der Waals surface area contributed by atoms with Gasteiger partial charge in [0.15, 0.2) is 5.75 Å². The van der Waals surface area contributed by atoms with Crippen molar-refractivity contribution in [1.82, 2.24) is 0 Å². The van der Waals surface area contributed by atoms with Crippen molar-refractivity contribution in [2.75, 3.05) is 0 Å². The summed E-state index contributed by atoms with van der Waals surface area (Å²) in [6, 6.07) is 3.33. The summed E-state index contributed by atoms with van der Waals surface area (Å²) in [6.07, 6.45) is 5.44. The Kier molecular flexibility index (Phi) is 3.31. The number of phenols is 1. The Bertz CT molecular complexity index is 671. The number of hydrogen-bond acceptors (Lipinski definition) is 4. The molecule has 4 unspecified atom stereocenters. The number of phenolic OH excluding ortho intramolecular Hbond substituents is 1. The van der Waals surface area contributed by atoms with Gasteiger partial charge in [-0.2, -0.15) is 5.23 Å². The number of ketones is 1. The first-order valence-corrected chi connectivity index (χ1v) is 8.54. The average Bonchev–Trinajstić information content (AvgIpc) is 2.81. The lowest BCUT2D eigenvalue weighted by molar-refractivity contribution is -0.991. The molecule has 5 nitrogen and oxygen atoms in total. The number of hydrogen-bond donors (Lipinski definition) is 3. The van der Waals surface area contributed by atoms with Crippen molar-refractivity contribution in [2.45, 2.75) is 51.4 Å². The molecule has 0 saturated heterocycles. The standard InChI is InChI=1S/C18H23NO4/c1-18-7-6-11-12(14(18)4-5-17(18)21)3-2-10-8-16(20)15(19(22)23)9-13(10)11/h8-9,11-12,14,19-20,22H,2-7H2,1H3/t11?,12?,14?,18-/m0/s1. The third kappa shape index (κ3) is 2.07. The van der Waals surface area contributed by atoms with Crippen LogP contribution < -0.4 is 5.23 Å². The molecule has 2 saturated carbocycles. The molecule has 0 amide bonds. The van der Waals surface area contributed by atoms with E-state index in [4.69, 9.17) is 0 Å². The second-order valence-electron chi connectivity index (χ2n) is 7.71. The second kappa shape index (κ2) is 5.03. The molecule has 5 atom stereocenters. The highest BCUT2D eigenvalue weighted by atomic mass is 16.8. The van der Waals surface area contributed by atoms with Crippen molar-refractivity contribution in [3.8, 4) is 5.75 Å². The maximum Gasteiger partial charge on any atom is 0.206 e. The molecular formula is C18H23NO4. The van der Waals surface area contributed by atoms with Crippen molar-refractivity contribution in [3.05, 3.63) is 28.5 Å². The monoisotopic (exact) mass is 317 g/mol. The number of carbonyl (C=O) groups is 1. The summed E-state index contributed by atoms with van der Waals surface area (Å²) in [5.74, 6) is 1.53. The van der Waals surface area contributed by atoms with Gasteiger partial charge in [0.05, 0.1) is 0 Å². The number of benzene rings is 1. The Morgan fingerprint density at radius 2 is 2.04 bits per heavy atom. The number of aromatic hydroxyl groups is 1. The molecule has 1 aromatic carbocycles. The highest BCUT2D eigenvalue weighted by Crippen LogP contribution is 2.59. The van der Waals surface area contributed by atoms with E-state index in [1.165, 1.54) is 0 Å². The Balaban J connectivity index is 1.74. The van der Waals surface area contributed by atoms with Gasteiger partial charge in [-0.15, -0.1) is 0 Å². The highest BCUT2D eigenvalue weighted by molar-refractivity contribution is 5.87. The lowest BCUT2D eigenvalue weighted by atomic mass is 9.55. The third-order valence-corrected chi connectivity index (χ3v) is 6.78. The maximum absolute atomic E-state index is 12.3. The summed E-state index contributed by atoms with van der Waals surface area (Å²) in [4.78, 5) is 12.3. The van der Waals surface area contributed by atoms with E-state index in [9.17, 15) is 20.3 Å². The van der Waals surface area contributed by atoms with E-state index >= 15 is 0 Å². The van der Waals surface area contributed by atoms with Gasteiger partial charge in [-0.3, -0.25) is 4.79 Å². The summed E-state index contributed by atoms with van der Waals surface area (Å²) in [7, 11) is 0. The molecule has 2 fully saturated rings. The minimum absolute atomic E-state index is 0.000216. The van der Waals surface area contributed by atoms with Gasteiger partial charge in [0, 0.05) is 17.9 Å². The molecule has 4 rings (SSSR count). The Morgan fingerprint density at radius 1 is 1.26 bits per heavy atom. The van der Waals surface area contributed by atoms with Gasteiger partial charge in [0.25, 0.3) is 0 Å². The minimum atomic E-state index is -1.08. The molecule has 0 aromatic heterocycles. The first-order valence-electron chi connectivity index (χ1n) is 8.54. The van der Waals surface area contributed by atoms with Gasteiger partial charge >= 0.3 is 0 Å².